The minimum atomic E-state index is -0.593. The van der Waals surface area contributed by atoms with Crippen LogP contribution in [0.15, 0.2) is 12.3 Å². The molecule has 1 rings (SSSR count). The Labute approximate surface area is 110 Å². The van der Waals surface area contributed by atoms with Crippen LogP contribution in [0.2, 0.25) is 0 Å². The van der Waals surface area contributed by atoms with Crippen molar-refractivity contribution in [3.8, 4) is 0 Å². The average molecular weight is 272 g/mol. The molecule has 0 aromatic carbocycles. The van der Waals surface area contributed by atoms with Gasteiger partial charge in [0.1, 0.15) is 5.69 Å². The molecule has 1 aromatic rings. The standard InChI is InChI=1S/C12H14ClNO4/c1-17-11(15)9-6-10(12(16)18-2)14-7-8(9)4-3-5-13/h6-7H,3-5H2,1-2H3. The van der Waals surface area contributed by atoms with Crippen LogP contribution in [0.1, 0.15) is 32.8 Å². The van der Waals surface area contributed by atoms with Gasteiger partial charge in [-0.2, -0.15) is 0 Å². The first-order valence-corrected chi connectivity index (χ1v) is 5.89. The lowest BCUT2D eigenvalue weighted by Crippen LogP contribution is -2.11. The quantitative estimate of drug-likeness (QED) is 0.604. The number of hydrogen-bond donors (Lipinski definition) is 0. The van der Waals surface area contributed by atoms with Crippen molar-refractivity contribution < 1.29 is 19.1 Å². The molecule has 0 bridgehead atoms. The molecule has 98 valence electrons. The molecule has 1 aromatic heterocycles. The maximum Gasteiger partial charge on any atom is 0.356 e. The second-order valence-corrected chi connectivity index (χ2v) is 3.88. The number of halogens is 1. The molecular weight excluding hydrogens is 258 g/mol. The summed E-state index contributed by atoms with van der Waals surface area (Å²) in [6.07, 6.45) is 2.79. The van der Waals surface area contributed by atoms with Gasteiger partial charge in [-0.05, 0) is 24.5 Å². The monoisotopic (exact) mass is 271 g/mol. The van der Waals surface area contributed by atoms with Crippen molar-refractivity contribution in [1.29, 1.82) is 0 Å². The van der Waals surface area contributed by atoms with Crippen LogP contribution in [0, 0.1) is 0 Å². The van der Waals surface area contributed by atoms with E-state index in [1.165, 1.54) is 26.5 Å². The molecule has 0 saturated carbocycles. The van der Waals surface area contributed by atoms with Crippen LogP contribution in [0.3, 0.4) is 0 Å². The fourth-order valence-electron chi connectivity index (χ4n) is 1.46. The van der Waals surface area contributed by atoms with Crippen LogP contribution in [-0.2, 0) is 15.9 Å². The fraction of sp³-hybridized carbons (Fsp3) is 0.417. The van der Waals surface area contributed by atoms with Gasteiger partial charge in [0.25, 0.3) is 0 Å². The number of carbonyl (C=O) groups excluding carboxylic acids is 2. The Morgan fingerprint density at radius 2 is 1.94 bits per heavy atom. The lowest BCUT2D eigenvalue weighted by molar-refractivity contribution is 0.0593. The van der Waals surface area contributed by atoms with Gasteiger partial charge in [0, 0.05) is 12.1 Å². The van der Waals surface area contributed by atoms with Gasteiger partial charge in [0.15, 0.2) is 0 Å². The number of aryl methyl sites for hydroxylation is 1. The largest absolute Gasteiger partial charge is 0.465 e. The molecule has 5 nitrogen and oxygen atoms in total. The second-order valence-electron chi connectivity index (χ2n) is 3.50. The zero-order valence-electron chi connectivity index (χ0n) is 10.2. The van der Waals surface area contributed by atoms with Gasteiger partial charge >= 0.3 is 11.9 Å². The molecule has 0 aliphatic rings. The van der Waals surface area contributed by atoms with Gasteiger partial charge < -0.3 is 9.47 Å². The zero-order chi connectivity index (χ0) is 13.5. The molecule has 0 N–H and O–H groups in total. The van der Waals surface area contributed by atoms with E-state index in [9.17, 15) is 9.59 Å². The first-order valence-electron chi connectivity index (χ1n) is 5.35. The third kappa shape index (κ3) is 3.43. The van der Waals surface area contributed by atoms with Crippen molar-refractivity contribution in [3.05, 3.63) is 29.1 Å². The predicted octanol–water partition coefficient (Wildman–Crippen LogP) is 1.83. The van der Waals surface area contributed by atoms with Crippen LogP contribution in [0.4, 0.5) is 0 Å². The summed E-state index contributed by atoms with van der Waals surface area (Å²) in [6.45, 7) is 0. The third-order valence-corrected chi connectivity index (χ3v) is 2.63. The van der Waals surface area contributed by atoms with Crippen LogP contribution in [-0.4, -0.2) is 37.0 Å². The van der Waals surface area contributed by atoms with Gasteiger partial charge in [-0.15, -0.1) is 11.6 Å². The van der Waals surface area contributed by atoms with Crippen LogP contribution in [0.5, 0.6) is 0 Å². The number of methoxy groups -OCH3 is 2. The zero-order valence-corrected chi connectivity index (χ0v) is 11.0. The molecule has 0 aliphatic heterocycles. The second kappa shape index (κ2) is 6.96. The Morgan fingerprint density at radius 3 is 2.50 bits per heavy atom. The highest BCUT2D eigenvalue weighted by atomic mass is 35.5. The molecule has 0 unspecified atom stereocenters. The molecule has 1 heterocycles. The highest BCUT2D eigenvalue weighted by Crippen LogP contribution is 2.14. The predicted molar refractivity (Wildman–Crippen MR) is 66.0 cm³/mol. The van der Waals surface area contributed by atoms with Crippen LogP contribution in [0.25, 0.3) is 0 Å². The number of ether oxygens (including phenoxy) is 2. The molecule has 6 heteroatoms. The van der Waals surface area contributed by atoms with E-state index >= 15 is 0 Å². The molecule has 0 amide bonds. The number of hydrogen-bond acceptors (Lipinski definition) is 5. The number of pyridine rings is 1. The number of nitrogens with zero attached hydrogens (tertiary/aromatic N) is 1. The van der Waals surface area contributed by atoms with Gasteiger partial charge in [-0.1, -0.05) is 0 Å². The maximum atomic E-state index is 11.6. The topological polar surface area (TPSA) is 65.5 Å². The molecule has 0 spiro atoms. The maximum absolute atomic E-state index is 11.6. The Morgan fingerprint density at radius 1 is 1.28 bits per heavy atom. The summed E-state index contributed by atoms with van der Waals surface area (Å²) in [5.74, 6) is -0.615. The summed E-state index contributed by atoms with van der Waals surface area (Å²) >= 11 is 5.61. The molecule has 0 saturated heterocycles. The van der Waals surface area contributed by atoms with E-state index in [0.717, 1.165) is 0 Å². The fourth-order valence-corrected chi connectivity index (χ4v) is 1.59. The number of alkyl halides is 1. The normalized spacial score (nSPS) is 9.94. The molecular formula is C12H14ClNO4. The molecule has 0 atom stereocenters. The number of esters is 2. The van der Waals surface area contributed by atoms with Crippen molar-refractivity contribution in [2.75, 3.05) is 20.1 Å². The van der Waals surface area contributed by atoms with Crippen LogP contribution >= 0.6 is 11.6 Å². The Bertz CT molecular complexity index is 448. The first kappa shape index (κ1) is 14.4. The summed E-state index contributed by atoms with van der Waals surface area (Å²) in [5, 5.41) is 0. The van der Waals surface area contributed by atoms with E-state index in [1.54, 1.807) is 0 Å². The minimum absolute atomic E-state index is 0.0764. The summed E-state index contributed by atoms with van der Waals surface area (Å²) in [7, 11) is 2.54. The van der Waals surface area contributed by atoms with Crippen molar-refractivity contribution in [2.45, 2.75) is 12.8 Å². The Hall–Kier alpha value is -1.62. The summed E-state index contributed by atoms with van der Waals surface area (Å²) in [5.41, 5.74) is 1.10. The molecule has 0 aliphatic carbocycles. The number of rotatable bonds is 5. The first-order chi connectivity index (χ1) is 8.63. The molecule has 0 radical (unpaired) electrons. The van der Waals surface area contributed by atoms with E-state index in [0.29, 0.717) is 29.8 Å². The lowest BCUT2D eigenvalue weighted by Gasteiger charge is -2.08. The SMILES string of the molecule is COC(=O)c1cc(C(=O)OC)c(CCCCl)cn1. The summed E-state index contributed by atoms with van der Waals surface area (Å²) in [4.78, 5) is 26.9. The van der Waals surface area contributed by atoms with E-state index in [-0.39, 0.29) is 5.69 Å². The van der Waals surface area contributed by atoms with Gasteiger partial charge in [-0.3, -0.25) is 0 Å². The summed E-state index contributed by atoms with van der Waals surface area (Å²) in [6, 6.07) is 1.38. The van der Waals surface area contributed by atoms with E-state index in [1.807, 2.05) is 0 Å². The smallest absolute Gasteiger partial charge is 0.356 e. The summed E-state index contributed by atoms with van der Waals surface area (Å²) < 4.78 is 9.22. The number of aromatic nitrogens is 1. The minimum Gasteiger partial charge on any atom is -0.465 e. The highest BCUT2D eigenvalue weighted by Gasteiger charge is 2.16. The van der Waals surface area contributed by atoms with E-state index in [2.05, 4.69) is 14.5 Å². The third-order valence-electron chi connectivity index (χ3n) is 2.37. The Kier molecular flexibility index (Phi) is 5.58. The lowest BCUT2D eigenvalue weighted by atomic mass is 10.0. The van der Waals surface area contributed by atoms with E-state index < -0.39 is 11.9 Å². The van der Waals surface area contributed by atoms with Crippen molar-refractivity contribution in [1.82, 2.24) is 4.98 Å². The van der Waals surface area contributed by atoms with Crippen LogP contribution < -0.4 is 0 Å². The van der Waals surface area contributed by atoms with Gasteiger partial charge in [0.2, 0.25) is 0 Å². The average Bonchev–Trinajstić information content (AvgIpc) is 2.43. The van der Waals surface area contributed by atoms with Crippen molar-refractivity contribution in [2.24, 2.45) is 0 Å². The van der Waals surface area contributed by atoms with Gasteiger partial charge in [-0.25, -0.2) is 14.6 Å². The van der Waals surface area contributed by atoms with Crippen molar-refractivity contribution in [3.63, 3.8) is 0 Å². The van der Waals surface area contributed by atoms with Gasteiger partial charge in [0.05, 0.1) is 19.8 Å². The Balaban J connectivity index is 3.11. The van der Waals surface area contributed by atoms with Crippen molar-refractivity contribution >= 4 is 23.5 Å². The van der Waals surface area contributed by atoms with E-state index in [4.69, 9.17) is 11.6 Å². The highest BCUT2D eigenvalue weighted by molar-refractivity contribution is 6.17. The molecule has 0 fully saturated rings. The molecule has 18 heavy (non-hydrogen) atoms. The number of carbonyl (C=O) groups is 2.